The fourth-order valence-electron chi connectivity index (χ4n) is 2.43. The summed E-state index contributed by atoms with van der Waals surface area (Å²) in [6.45, 7) is 0. The Balaban J connectivity index is 2.21. The monoisotopic (exact) mass is 264 g/mol. The lowest BCUT2D eigenvalue weighted by molar-refractivity contribution is 0.680. The quantitative estimate of drug-likeness (QED) is 0.714. The van der Waals surface area contributed by atoms with E-state index in [1.807, 2.05) is 59.3 Å². The van der Waals surface area contributed by atoms with Gasteiger partial charge in [0.25, 0.3) is 0 Å². The number of aromatic nitrogens is 2. The third kappa shape index (κ3) is 2.12. The summed E-state index contributed by atoms with van der Waals surface area (Å²) in [7, 11) is 0. The summed E-state index contributed by atoms with van der Waals surface area (Å²) < 4.78 is 2.01. The van der Waals surface area contributed by atoms with Crippen LogP contribution in [0.2, 0.25) is 0 Å². The summed E-state index contributed by atoms with van der Waals surface area (Å²) in [5, 5.41) is 0. The highest BCUT2D eigenvalue weighted by atomic mass is 15.1. The highest BCUT2D eigenvalue weighted by Crippen LogP contribution is 2.33. The number of hydrogen-bond acceptors (Lipinski definition) is 3. The van der Waals surface area contributed by atoms with Crippen molar-refractivity contribution in [2.75, 3.05) is 11.5 Å². The van der Waals surface area contributed by atoms with E-state index in [9.17, 15) is 0 Å². The number of imidazole rings is 1. The maximum atomic E-state index is 6.14. The van der Waals surface area contributed by atoms with Crippen molar-refractivity contribution in [2.24, 2.45) is 0 Å². The highest BCUT2D eigenvalue weighted by Gasteiger charge is 2.19. The Morgan fingerprint density at radius 3 is 1.85 bits per heavy atom. The summed E-state index contributed by atoms with van der Waals surface area (Å²) in [6, 6.07) is 15.6. The average molecular weight is 264 g/mol. The molecule has 0 fully saturated rings. The molecule has 4 nitrogen and oxygen atoms in total. The molecule has 1 aromatic heterocycles. The van der Waals surface area contributed by atoms with Crippen molar-refractivity contribution in [3.63, 3.8) is 0 Å². The molecule has 1 heterocycles. The van der Waals surface area contributed by atoms with Crippen LogP contribution in [0.3, 0.4) is 0 Å². The van der Waals surface area contributed by atoms with Gasteiger partial charge in [-0.15, -0.1) is 0 Å². The van der Waals surface area contributed by atoms with Crippen molar-refractivity contribution >= 4 is 11.4 Å². The minimum Gasteiger partial charge on any atom is -0.398 e. The normalized spacial score (nSPS) is 10.8. The SMILES string of the molecule is Nc1ccccc1C(c1ccccc1N)n1ccnc1. The van der Waals surface area contributed by atoms with E-state index < -0.39 is 0 Å². The van der Waals surface area contributed by atoms with Gasteiger partial charge in [-0.25, -0.2) is 4.98 Å². The summed E-state index contributed by atoms with van der Waals surface area (Å²) in [5.41, 5.74) is 15.8. The van der Waals surface area contributed by atoms with Crippen molar-refractivity contribution in [3.8, 4) is 0 Å². The van der Waals surface area contributed by atoms with Crippen LogP contribution in [0, 0.1) is 0 Å². The summed E-state index contributed by atoms with van der Waals surface area (Å²) in [5.74, 6) is 0. The van der Waals surface area contributed by atoms with Gasteiger partial charge in [-0.05, 0) is 12.1 Å². The minimum atomic E-state index is -0.0695. The molecule has 2 aromatic carbocycles. The van der Waals surface area contributed by atoms with Crippen molar-refractivity contribution in [3.05, 3.63) is 78.4 Å². The highest BCUT2D eigenvalue weighted by molar-refractivity contribution is 5.57. The summed E-state index contributed by atoms with van der Waals surface area (Å²) in [6.07, 6.45) is 5.46. The van der Waals surface area contributed by atoms with Crippen LogP contribution >= 0.6 is 0 Å². The first kappa shape index (κ1) is 12.3. The third-order valence-electron chi connectivity index (χ3n) is 3.40. The number of anilines is 2. The minimum absolute atomic E-state index is 0.0695. The lowest BCUT2D eigenvalue weighted by atomic mass is 9.96. The van der Waals surface area contributed by atoms with Crippen LogP contribution in [-0.4, -0.2) is 9.55 Å². The topological polar surface area (TPSA) is 69.9 Å². The second-order valence-corrected chi connectivity index (χ2v) is 4.67. The molecule has 3 aromatic rings. The lowest BCUT2D eigenvalue weighted by Crippen LogP contribution is -2.14. The van der Waals surface area contributed by atoms with Crippen LogP contribution in [0.15, 0.2) is 67.3 Å². The van der Waals surface area contributed by atoms with E-state index in [4.69, 9.17) is 11.5 Å². The molecule has 0 aliphatic rings. The Kier molecular flexibility index (Phi) is 3.13. The molecule has 0 aliphatic heterocycles. The number of hydrogen-bond donors (Lipinski definition) is 2. The van der Waals surface area contributed by atoms with Crippen LogP contribution in [0.4, 0.5) is 11.4 Å². The Morgan fingerprint density at radius 1 is 0.850 bits per heavy atom. The molecule has 20 heavy (non-hydrogen) atoms. The number of nitrogen functional groups attached to an aromatic ring is 2. The molecule has 4 N–H and O–H groups in total. The van der Waals surface area contributed by atoms with Crippen LogP contribution in [0.5, 0.6) is 0 Å². The first-order valence-electron chi connectivity index (χ1n) is 6.43. The van der Waals surface area contributed by atoms with E-state index in [-0.39, 0.29) is 6.04 Å². The zero-order chi connectivity index (χ0) is 13.9. The molecule has 0 saturated heterocycles. The number of nitrogens with zero attached hydrogens (tertiary/aromatic N) is 2. The van der Waals surface area contributed by atoms with E-state index in [1.165, 1.54) is 0 Å². The molecule has 100 valence electrons. The fourth-order valence-corrected chi connectivity index (χ4v) is 2.43. The molecule has 3 rings (SSSR count). The van der Waals surface area contributed by atoms with Gasteiger partial charge in [0.2, 0.25) is 0 Å². The van der Waals surface area contributed by atoms with Crippen LogP contribution in [-0.2, 0) is 0 Å². The molecular formula is C16H16N4. The van der Waals surface area contributed by atoms with Crippen LogP contribution in [0.1, 0.15) is 17.2 Å². The van der Waals surface area contributed by atoms with Crippen LogP contribution in [0.25, 0.3) is 0 Å². The number of para-hydroxylation sites is 2. The molecule has 0 bridgehead atoms. The maximum Gasteiger partial charge on any atom is 0.0954 e. The molecule has 0 saturated carbocycles. The second-order valence-electron chi connectivity index (χ2n) is 4.67. The molecular weight excluding hydrogens is 248 g/mol. The summed E-state index contributed by atoms with van der Waals surface area (Å²) in [4.78, 5) is 4.13. The van der Waals surface area contributed by atoms with E-state index in [2.05, 4.69) is 4.98 Å². The van der Waals surface area contributed by atoms with Crippen molar-refractivity contribution in [1.29, 1.82) is 0 Å². The molecule has 0 amide bonds. The van der Waals surface area contributed by atoms with Gasteiger partial charge in [0, 0.05) is 34.9 Å². The van der Waals surface area contributed by atoms with Gasteiger partial charge >= 0.3 is 0 Å². The van der Waals surface area contributed by atoms with Gasteiger partial charge in [0.05, 0.1) is 12.4 Å². The first-order chi connectivity index (χ1) is 9.77. The lowest BCUT2D eigenvalue weighted by Gasteiger charge is -2.22. The largest absolute Gasteiger partial charge is 0.398 e. The Morgan fingerprint density at radius 2 is 1.40 bits per heavy atom. The van der Waals surface area contributed by atoms with Crippen molar-refractivity contribution in [2.45, 2.75) is 6.04 Å². The van der Waals surface area contributed by atoms with Gasteiger partial charge in [-0.2, -0.15) is 0 Å². The smallest absolute Gasteiger partial charge is 0.0954 e. The Labute approximate surface area is 117 Å². The van der Waals surface area contributed by atoms with Crippen molar-refractivity contribution < 1.29 is 0 Å². The Hall–Kier alpha value is -2.75. The van der Waals surface area contributed by atoms with Gasteiger partial charge < -0.3 is 16.0 Å². The zero-order valence-electron chi connectivity index (χ0n) is 11.0. The average Bonchev–Trinajstić information content (AvgIpc) is 2.97. The predicted molar refractivity (Wildman–Crippen MR) is 81.2 cm³/mol. The van der Waals surface area contributed by atoms with Gasteiger partial charge in [0.1, 0.15) is 0 Å². The fraction of sp³-hybridized carbons (Fsp3) is 0.0625. The van der Waals surface area contributed by atoms with Gasteiger partial charge in [-0.1, -0.05) is 36.4 Å². The predicted octanol–water partition coefficient (Wildman–Crippen LogP) is 2.69. The molecule has 0 atom stereocenters. The van der Waals surface area contributed by atoms with Crippen molar-refractivity contribution in [1.82, 2.24) is 9.55 Å². The molecule has 0 radical (unpaired) electrons. The standard InChI is InChI=1S/C16H16N4/c17-14-7-3-1-5-12(14)16(20-10-9-19-11-20)13-6-2-4-8-15(13)18/h1-11,16H,17-18H2. The number of nitrogens with two attached hydrogens (primary N) is 2. The maximum absolute atomic E-state index is 6.14. The second kappa shape index (κ2) is 5.09. The molecule has 4 heteroatoms. The number of benzene rings is 2. The van der Waals surface area contributed by atoms with E-state index in [0.717, 1.165) is 22.5 Å². The van der Waals surface area contributed by atoms with Gasteiger partial charge in [-0.3, -0.25) is 0 Å². The van der Waals surface area contributed by atoms with E-state index in [1.54, 1.807) is 12.5 Å². The molecule has 0 unspecified atom stereocenters. The summed E-state index contributed by atoms with van der Waals surface area (Å²) >= 11 is 0. The van der Waals surface area contributed by atoms with E-state index >= 15 is 0 Å². The number of rotatable bonds is 3. The first-order valence-corrected chi connectivity index (χ1v) is 6.43. The zero-order valence-corrected chi connectivity index (χ0v) is 11.0. The molecule has 0 aliphatic carbocycles. The van der Waals surface area contributed by atoms with E-state index in [0.29, 0.717) is 0 Å². The van der Waals surface area contributed by atoms with Crippen LogP contribution < -0.4 is 11.5 Å². The van der Waals surface area contributed by atoms with Gasteiger partial charge in [0.15, 0.2) is 0 Å². The third-order valence-corrected chi connectivity index (χ3v) is 3.40. The Bertz CT molecular complexity index is 659. The molecule has 0 spiro atoms.